The molecule has 0 bridgehead atoms. The smallest absolute Gasteiger partial charge is 0.363 e. The van der Waals surface area contributed by atoms with E-state index < -0.39 is 5.69 Å². The molecule has 1 aromatic heterocycles. The molecule has 160 valence electrons. The van der Waals surface area contributed by atoms with E-state index in [4.69, 9.17) is 9.47 Å². The van der Waals surface area contributed by atoms with E-state index >= 15 is 0 Å². The van der Waals surface area contributed by atoms with Crippen LogP contribution in [0.15, 0.2) is 52.4 Å². The van der Waals surface area contributed by atoms with Gasteiger partial charge in [0, 0.05) is 5.69 Å². The molecule has 0 saturated carbocycles. The Morgan fingerprint density at radius 2 is 2.03 bits per heavy atom. The number of anilines is 2. The van der Waals surface area contributed by atoms with Gasteiger partial charge in [-0.3, -0.25) is 10.2 Å². The zero-order valence-electron chi connectivity index (χ0n) is 17.3. The third-order valence-corrected chi connectivity index (χ3v) is 4.11. The molecule has 0 spiro atoms. The number of rotatable bonds is 8. The van der Waals surface area contributed by atoms with E-state index in [1.54, 1.807) is 25.1 Å². The van der Waals surface area contributed by atoms with Crippen LogP contribution in [0.25, 0.3) is 0 Å². The first kappa shape index (κ1) is 21.5. The lowest BCUT2D eigenvalue weighted by molar-refractivity contribution is -0.118. The van der Waals surface area contributed by atoms with Crippen molar-refractivity contribution in [1.29, 1.82) is 0 Å². The standard InChI is InChI=1S/C21H22N6O4/c1-13-5-4-6-16(9-13)23-19(28)12-31-17-8-7-15(10-18(17)30-3)11-22-26-20-14(2)25-27-21(29)24-20/h4-11H,12H2,1-3H3,(H,23,28)(H2,24,26,27,29)/b22-11-. The van der Waals surface area contributed by atoms with Crippen molar-refractivity contribution < 1.29 is 14.3 Å². The number of ether oxygens (including phenoxy) is 2. The van der Waals surface area contributed by atoms with Crippen LogP contribution in [0.1, 0.15) is 16.8 Å². The van der Waals surface area contributed by atoms with Crippen molar-refractivity contribution in [3.8, 4) is 11.5 Å². The van der Waals surface area contributed by atoms with Crippen LogP contribution in [0, 0.1) is 13.8 Å². The number of hydrogen-bond donors (Lipinski definition) is 3. The van der Waals surface area contributed by atoms with Crippen LogP contribution in [-0.4, -0.2) is 41.0 Å². The molecule has 3 rings (SSSR count). The highest BCUT2D eigenvalue weighted by atomic mass is 16.5. The van der Waals surface area contributed by atoms with Crippen molar-refractivity contribution in [2.75, 3.05) is 24.5 Å². The number of nitrogens with zero attached hydrogens (tertiary/aromatic N) is 3. The highest BCUT2D eigenvalue weighted by Gasteiger charge is 2.09. The maximum absolute atomic E-state index is 12.1. The Morgan fingerprint density at radius 3 is 2.81 bits per heavy atom. The summed E-state index contributed by atoms with van der Waals surface area (Å²) in [4.78, 5) is 27.1. The SMILES string of the molecule is COc1cc(/C=N\Nc2nc(=O)[nH]nc2C)ccc1OCC(=O)Nc1cccc(C)c1. The molecule has 3 N–H and O–H groups in total. The van der Waals surface area contributed by atoms with Crippen molar-refractivity contribution in [2.45, 2.75) is 13.8 Å². The normalized spacial score (nSPS) is 10.7. The number of hydrogen-bond acceptors (Lipinski definition) is 8. The van der Waals surface area contributed by atoms with E-state index in [0.29, 0.717) is 28.4 Å². The molecule has 10 nitrogen and oxygen atoms in total. The molecule has 0 fully saturated rings. The Balaban J connectivity index is 1.60. The summed E-state index contributed by atoms with van der Waals surface area (Å²) in [6.07, 6.45) is 1.53. The van der Waals surface area contributed by atoms with Gasteiger partial charge in [0.2, 0.25) is 0 Å². The number of aromatic amines is 1. The minimum Gasteiger partial charge on any atom is -0.493 e. The molecule has 10 heteroatoms. The maximum Gasteiger partial charge on any atom is 0.363 e. The molecule has 0 aliphatic carbocycles. The van der Waals surface area contributed by atoms with E-state index in [0.717, 1.165) is 5.56 Å². The number of aromatic nitrogens is 3. The highest BCUT2D eigenvalue weighted by Crippen LogP contribution is 2.27. The van der Waals surface area contributed by atoms with Gasteiger partial charge in [-0.2, -0.15) is 15.2 Å². The Kier molecular flexibility index (Phi) is 6.94. The first-order valence-electron chi connectivity index (χ1n) is 9.34. The lowest BCUT2D eigenvalue weighted by Crippen LogP contribution is -2.20. The Labute approximate surface area is 178 Å². The number of H-pyrrole nitrogens is 1. The summed E-state index contributed by atoms with van der Waals surface area (Å²) < 4.78 is 10.9. The lowest BCUT2D eigenvalue weighted by Gasteiger charge is -2.11. The van der Waals surface area contributed by atoms with Gasteiger partial charge in [0.05, 0.1) is 13.3 Å². The molecule has 0 radical (unpaired) electrons. The van der Waals surface area contributed by atoms with Crippen LogP contribution < -0.4 is 25.9 Å². The zero-order valence-corrected chi connectivity index (χ0v) is 17.3. The molecular weight excluding hydrogens is 400 g/mol. The van der Waals surface area contributed by atoms with Gasteiger partial charge < -0.3 is 14.8 Å². The van der Waals surface area contributed by atoms with Gasteiger partial charge in [-0.1, -0.05) is 12.1 Å². The largest absolute Gasteiger partial charge is 0.493 e. The fourth-order valence-corrected chi connectivity index (χ4v) is 2.61. The first-order chi connectivity index (χ1) is 14.9. The average Bonchev–Trinajstić information content (AvgIpc) is 2.75. The number of hydrazone groups is 1. The Hall–Kier alpha value is -4.21. The van der Waals surface area contributed by atoms with Crippen LogP contribution >= 0.6 is 0 Å². The van der Waals surface area contributed by atoms with E-state index in [-0.39, 0.29) is 18.3 Å². The molecule has 0 saturated heterocycles. The third kappa shape index (κ3) is 6.13. The second-order valence-corrected chi connectivity index (χ2v) is 6.56. The van der Waals surface area contributed by atoms with Gasteiger partial charge in [-0.15, -0.1) is 0 Å². The monoisotopic (exact) mass is 422 g/mol. The first-order valence-corrected chi connectivity index (χ1v) is 9.34. The molecule has 1 amide bonds. The van der Waals surface area contributed by atoms with Crippen molar-refractivity contribution in [3.05, 3.63) is 69.8 Å². The van der Waals surface area contributed by atoms with E-state index in [1.807, 2.05) is 31.2 Å². The average molecular weight is 422 g/mol. The van der Waals surface area contributed by atoms with Gasteiger partial charge in [-0.05, 0) is 55.3 Å². The predicted octanol–water partition coefficient (Wildman–Crippen LogP) is 2.25. The number of carbonyl (C=O) groups is 1. The van der Waals surface area contributed by atoms with Crippen LogP contribution in [0.5, 0.6) is 11.5 Å². The van der Waals surface area contributed by atoms with Crippen LogP contribution in [0.2, 0.25) is 0 Å². The van der Waals surface area contributed by atoms with Crippen LogP contribution in [0.4, 0.5) is 11.5 Å². The fourth-order valence-electron chi connectivity index (χ4n) is 2.61. The summed E-state index contributed by atoms with van der Waals surface area (Å²) in [6, 6.07) is 12.6. The molecular formula is C21H22N6O4. The topological polar surface area (TPSA) is 131 Å². The zero-order chi connectivity index (χ0) is 22.2. The summed E-state index contributed by atoms with van der Waals surface area (Å²) in [7, 11) is 1.50. The number of amides is 1. The van der Waals surface area contributed by atoms with E-state index in [2.05, 4.69) is 31.0 Å². The van der Waals surface area contributed by atoms with Gasteiger partial charge in [0.15, 0.2) is 23.9 Å². The van der Waals surface area contributed by atoms with Crippen LogP contribution in [-0.2, 0) is 4.79 Å². The van der Waals surface area contributed by atoms with Crippen molar-refractivity contribution >= 4 is 23.6 Å². The summed E-state index contributed by atoms with van der Waals surface area (Å²) in [5, 5.41) is 12.9. The second-order valence-electron chi connectivity index (χ2n) is 6.56. The van der Waals surface area contributed by atoms with Gasteiger partial charge in [0.25, 0.3) is 5.91 Å². The molecule has 0 aliphatic heterocycles. The quantitative estimate of drug-likeness (QED) is 0.375. The van der Waals surface area contributed by atoms with Crippen molar-refractivity contribution in [2.24, 2.45) is 5.10 Å². The molecule has 2 aromatic carbocycles. The molecule has 31 heavy (non-hydrogen) atoms. The van der Waals surface area contributed by atoms with E-state index in [9.17, 15) is 9.59 Å². The summed E-state index contributed by atoms with van der Waals surface area (Å²) >= 11 is 0. The van der Waals surface area contributed by atoms with Gasteiger partial charge in [-0.25, -0.2) is 9.89 Å². The summed E-state index contributed by atoms with van der Waals surface area (Å²) in [5.74, 6) is 0.839. The Bertz CT molecular complexity index is 1160. The molecule has 0 atom stereocenters. The number of nitrogens with one attached hydrogen (secondary N) is 3. The molecule has 1 heterocycles. The van der Waals surface area contributed by atoms with Gasteiger partial charge >= 0.3 is 5.69 Å². The second kappa shape index (κ2) is 10.0. The van der Waals surface area contributed by atoms with Crippen LogP contribution in [0.3, 0.4) is 0 Å². The van der Waals surface area contributed by atoms with Crippen molar-refractivity contribution in [1.82, 2.24) is 15.2 Å². The number of benzene rings is 2. The highest BCUT2D eigenvalue weighted by molar-refractivity contribution is 5.92. The fraction of sp³-hybridized carbons (Fsp3) is 0.190. The third-order valence-electron chi connectivity index (χ3n) is 4.11. The molecule has 0 aliphatic rings. The predicted molar refractivity (Wildman–Crippen MR) is 117 cm³/mol. The number of methoxy groups -OCH3 is 1. The Morgan fingerprint density at radius 1 is 1.19 bits per heavy atom. The lowest BCUT2D eigenvalue weighted by atomic mass is 10.2. The molecule has 3 aromatic rings. The summed E-state index contributed by atoms with van der Waals surface area (Å²) in [5.41, 5.74) is 5.07. The molecule has 0 unspecified atom stereocenters. The van der Waals surface area contributed by atoms with E-state index in [1.165, 1.54) is 13.3 Å². The minimum absolute atomic E-state index is 0.167. The number of aryl methyl sites for hydroxylation is 2. The number of carbonyl (C=O) groups excluding carboxylic acids is 1. The summed E-state index contributed by atoms with van der Waals surface area (Å²) in [6.45, 7) is 3.47. The maximum atomic E-state index is 12.1. The van der Waals surface area contributed by atoms with Gasteiger partial charge in [0.1, 0.15) is 5.69 Å². The van der Waals surface area contributed by atoms with Crippen molar-refractivity contribution in [3.63, 3.8) is 0 Å². The minimum atomic E-state index is -0.571.